The molecule has 1 aliphatic heterocycles. The van der Waals surface area contributed by atoms with Crippen molar-refractivity contribution in [1.82, 2.24) is 15.2 Å². The fourth-order valence-corrected chi connectivity index (χ4v) is 2.24. The minimum Gasteiger partial charge on any atom is -0.444 e. The van der Waals surface area contributed by atoms with E-state index in [1.54, 1.807) is 6.92 Å². The molecule has 2 rings (SSSR count). The van der Waals surface area contributed by atoms with Gasteiger partial charge in [0.1, 0.15) is 5.76 Å². The number of likely N-dealkylation sites (tertiary alicyclic amines) is 1. The molecule has 5 nitrogen and oxygen atoms in total. The molecule has 1 fully saturated rings. The van der Waals surface area contributed by atoms with Crippen molar-refractivity contribution in [2.45, 2.75) is 46.2 Å². The topological polar surface area (TPSA) is 58.4 Å². The normalized spacial score (nSPS) is 17.2. The molecule has 5 heteroatoms. The van der Waals surface area contributed by atoms with E-state index >= 15 is 0 Å². The van der Waals surface area contributed by atoms with Crippen LogP contribution in [0.15, 0.2) is 4.42 Å². The van der Waals surface area contributed by atoms with Crippen LogP contribution in [0.3, 0.4) is 0 Å². The van der Waals surface area contributed by atoms with E-state index in [9.17, 15) is 4.79 Å². The maximum atomic E-state index is 11.2. The molecule has 1 aliphatic rings. The van der Waals surface area contributed by atoms with Crippen molar-refractivity contribution in [3.63, 3.8) is 0 Å². The van der Waals surface area contributed by atoms with Gasteiger partial charge in [-0.2, -0.15) is 0 Å². The first-order chi connectivity index (χ1) is 8.56. The summed E-state index contributed by atoms with van der Waals surface area (Å²) in [6.45, 7) is 7.86. The molecule has 0 radical (unpaired) electrons. The van der Waals surface area contributed by atoms with Crippen LogP contribution < -0.4 is 5.32 Å². The zero-order valence-electron chi connectivity index (χ0n) is 11.3. The summed E-state index contributed by atoms with van der Waals surface area (Å²) in [6.07, 6.45) is 2.00. The molecule has 1 aromatic heterocycles. The Morgan fingerprint density at radius 1 is 1.44 bits per heavy atom. The number of amides is 1. The highest BCUT2D eigenvalue weighted by atomic mass is 16.4. The summed E-state index contributed by atoms with van der Waals surface area (Å²) in [6, 6.07) is 0.452. The van der Waals surface area contributed by atoms with Gasteiger partial charge in [-0.1, -0.05) is 0 Å². The highest BCUT2D eigenvalue weighted by molar-refractivity contribution is 5.73. The van der Waals surface area contributed by atoms with Crippen molar-refractivity contribution >= 4 is 5.91 Å². The summed E-state index contributed by atoms with van der Waals surface area (Å²) in [5.74, 6) is 1.81. The first kappa shape index (κ1) is 13.1. The number of nitrogens with one attached hydrogen (secondary N) is 1. The van der Waals surface area contributed by atoms with E-state index in [2.05, 4.69) is 10.3 Å². The summed E-state index contributed by atoms with van der Waals surface area (Å²) in [7, 11) is 0. The number of piperidine rings is 1. The molecule has 0 bridgehead atoms. The van der Waals surface area contributed by atoms with Crippen LogP contribution >= 0.6 is 0 Å². The number of hydrogen-bond donors (Lipinski definition) is 1. The van der Waals surface area contributed by atoms with Gasteiger partial charge < -0.3 is 14.6 Å². The quantitative estimate of drug-likeness (QED) is 0.882. The number of oxazole rings is 1. The smallest absolute Gasteiger partial charge is 0.219 e. The standard InChI is InChI=1S/C13H21N3O2/c1-9-10(2)18-13(15-9)8-14-12-4-6-16(7-5-12)11(3)17/h12,14H,4-8H2,1-3H3. The Morgan fingerprint density at radius 3 is 2.61 bits per heavy atom. The molecule has 0 aliphatic carbocycles. The van der Waals surface area contributed by atoms with Gasteiger partial charge in [-0.05, 0) is 26.7 Å². The number of hydrogen-bond acceptors (Lipinski definition) is 4. The SMILES string of the molecule is CC(=O)N1CCC(NCc2nc(C)c(C)o2)CC1. The third-order valence-corrected chi connectivity index (χ3v) is 3.56. The Morgan fingerprint density at radius 2 is 2.11 bits per heavy atom. The molecular formula is C13H21N3O2. The van der Waals surface area contributed by atoms with Crippen LogP contribution in [0, 0.1) is 13.8 Å². The lowest BCUT2D eigenvalue weighted by Crippen LogP contribution is -2.43. The fraction of sp³-hybridized carbons (Fsp3) is 0.692. The van der Waals surface area contributed by atoms with Crippen molar-refractivity contribution in [1.29, 1.82) is 0 Å². The van der Waals surface area contributed by atoms with Gasteiger partial charge in [-0.3, -0.25) is 4.79 Å². The number of carbonyl (C=O) groups excluding carboxylic acids is 1. The zero-order valence-corrected chi connectivity index (χ0v) is 11.3. The minimum atomic E-state index is 0.174. The average Bonchev–Trinajstić information content (AvgIpc) is 2.67. The number of nitrogens with zero attached hydrogens (tertiary/aromatic N) is 2. The van der Waals surface area contributed by atoms with Crippen molar-refractivity contribution < 1.29 is 9.21 Å². The number of aromatic nitrogens is 1. The zero-order chi connectivity index (χ0) is 13.1. The van der Waals surface area contributed by atoms with Gasteiger partial charge in [0.05, 0.1) is 12.2 Å². The Kier molecular flexibility index (Phi) is 4.01. The van der Waals surface area contributed by atoms with Crippen LogP contribution in [-0.4, -0.2) is 34.9 Å². The molecule has 2 heterocycles. The van der Waals surface area contributed by atoms with Crippen LogP contribution in [0.4, 0.5) is 0 Å². The van der Waals surface area contributed by atoms with Crippen LogP contribution in [0.25, 0.3) is 0 Å². The molecule has 1 aromatic rings. The van der Waals surface area contributed by atoms with Gasteiger partial charge in [0.15, 0.2) is 0 Å². The monoisotopic (exact) mass is 251 g/mol. The highest BCUT2D eigenvalue weighted by Gasteiger charge is 2.20. The predicted octanol–water partition coefficient (Wildman–Crippen LogP) is 1.39. The van der Waals surface area contributed by atoms with E-state index < -0.39 is 0 Å². The van der Waals surface area contributed by atoms with Crippen molar-refractivity contribution in [2.24, 2.45) is 0 Å². The Bertz CT molecular complexity index is 400. The maximum absolute atomic E-state index is 11.2. The molecule has 0 atom stereocenters. The van der Waals surface area contributed by atoms with Crippen molar-refractivity contribution in [3.05, 3.63) is 17.3 Å². The van der Waals surface area contributed by atoms with Crippen LogP contribution in [0.5, 0.6) is 0 Å². The lowest BCUT2D eigenvalue weighted by Gasteiger charge is -2.31. The Hall–Kier alpha value is -1.36. The van der Waals surface area contributed by atoms with Gasteiger partial charge in [0.25, 0.3) is 0 Å². The second-order valence-corrected chi connectivity index (χ2v) is 4.91. The van der Waals surface area contributed by atoms with Gasteiger partial charge in [0.2, 0.25) is 11.8 Å². The second kappa shape index (κ2) is 5.52. The number of rotatable bonds is 3. The molecular weight excluding hydrogens is 230 g/mol. The second-order valence-electron chi connectivity index (χ2n) is 4.91. The first-order valence-electron chi connectivity index (χ1n) is 6.48. The van der Waals surface area contributed by atoms with Crippen LogP contribution in [0.1, 0.15) is 37.1 Å². The molecule has 18 heavy (non-hydrogen) atoms. The van der Waals surface area contributed by atoms with Crippen LogP contribution in [-0.2, 0) is 11.3 Å². The maximum Gasteiger partial charge on any atom is 0.219 e. The molecule has 0 aromatic carbocycles. The highest BCUT2D eigenvalue weighted by Crippen LogP contribution is 2.12. The first-order valence-corrected chi connectivity index (χ1v) is 6.48. The van der Waals surface area contributed by atoms with E-state index in [1.807, 2.05) is 18.7 Å². The minimum absolute atomic E-state index is 0.174. The van der Waals surface area contributed by atoms with Gasteiger partial charge in [-0.15, -0.1) is 0 Å². The van der Waals surface area contributed by atoms with E-state index in [-0.39, 0.29) is 5.91 Å². The summed E-state index contributed by atoms with van der Waals surface area (Å²) in [5.41, 5.74) is 0.957. The molecule has 0 unspecified atom stereocenters. The van der Waals surface area contributed by atoms with Crippen molar-refractivity contribution in [3.8, 4) is 0 Å². The molecule has 100 valence electrons. The van der Waals surface area contributed by atoms with Gasteiger partial charge >= 0.3 is 0 Å². The lowest BCUT2D eigenvalue weighted by atomic mass is 10.1. The molecule has 1 N–H and O–H groups in total. The molecule has 1 amide bonds. The van der Waals surface area contributed by atoms with Gasteiger partial charge in [0, 0.05) is 26.1 Å². The molecule has 0 spiro atoms. The van der Waals surface area contributed by atoms with E-state index in [0.29, 0.717) is 12.6 Å². The predicted molar refractivity (Wildman–Crippen MR) is 68.1 cm³/mol. The number of aryl methyl sites for hydroxylation is 2. The third kappa shape index (κ3) is 3.10. The summed E-state index contributed by atoms with van der Waals surface area (Å²) < 4.78 is 5.53. The van der Waals surface area contributed by atoms with E-state index in [4.69, 9.17) is 4.42 Å². The van der Waals surface area contributed by atoms with Crippen LogP contribution in [0.2, 0.25) is 0 Å². The summed E-state index contributed by atoms with van der Waals surface area (Å²) in [4.78, 5) is 17.5. The third-order valence-electron chi connectivity index (χ3n) is 3.56. The average molecular weight is 251 g/mol. The van der Waals surface area contributed by atoms with Crippen molar-refractivity contribution in [2.75, 3.05) is 13.1 Å². The molecule has 1 saturated heterocycles. The fourth-order valence-electron chi connectivity index (χ4n) is 2.24. The molecule has 0 saturated carbocycles. The largest absolute Gasteiger partial charge is 0.444 e. The summed E-state index contributed by atoms with van der Waals surface area (Å²) in [5, 5.41) is 3.44. The lowest BCUT2D eigenvalue weighted by molar-refractivity contribution is -0.129. The Labute approximate surface area is 108 Å². The van der Waals surface area contributed by atoms with Gasteiger partial charge in [-0.25, -0.2) is 4.98 Å². The van der Waals surface area contributed by atoms with E-state index in [0.717, 1.165) is 43.3 Å². The van der Waals surface area contributed by atoms with E-state index in [1.165, 1.54) is 0 Å². The Balaban J connectivity index is 1.77. The number of carbonyl (C=O) groups is 1. The summed E-state index contributed by atoms with van der Waals surface area (Å²) >= 11 is 0.